The summed E-state index contributed by atoms with van der Waals surface area (Å²) >= 11 is 0. The summed E-state index contributed by atoms with van der Waals surface area (Å²) in [5.74, 6) is 0.972. The number of aromatic nitrogens is 2. The molecular weight excluding hydrogens is 304 g/mol. The Bertz CT molecular complexity index is 844. The van der Waals surface area contributed by atoms with Gasteiger partial charge < -0.3 is 15.1 Å². The van der Waals surface area contributed by atoms with Crippen LogP contribution >= 0.6 is 0 Å². The van der Waals surface area contributed by atoms with Gasteiger partial charge in [-0.05, 0) is 49.2 Å². The van der Waals surface area contributed by atoms with Crippen LogP contribution in [0.1, 0.15) is 27.4 Å². The predicted octanol–water partition coefficient (Wildman–Crippen LogP) is 3.36. The summed E-state index contributed by atoms with van der Waals surface area (Å²) < 4.78 is 5.18. The van der Waals surface area contributed by atoms with Crippen molar-refractivity contribution in [1.29, 1.82) is 0 Å². The molecule has 0 bridgehead atoms. The van der Waals surface area contributed by atoms with Gasteiger partial charge in [-0.2, -0.15) is 0 Å². The molecule has 3 rings (SSSR count). The largest absolute Gasteiger partial charge is 0.467 e. The Kier molecular flexibility index (Phi) is 4.56. The van der Waals surface area contributed by atoms with Gasteiger partial charge in [0.1, 0.15) is 23.6 Å². The Balaban J connectivity index is 1.68. The van der Waals surface area contributed by atoms with Crippen molar-refractivity contribution in [3.8, 4) is 0 Å². The fourth-order valence-corrected chi connectivity index (χ4v) is 2.19. The topological polar surface area (TPSA) is 80.0 Å². The first kappa shape index (κ1) is 15.7. The maximum Gasteiger partial charge on any atom is 0.270 e. The predicted molar refractivity (Wildman–Crippen MR) is 91.1 cm³/mol. The van der Waals surface area contributed by atoms with Crippen LogP contribution in [0.25, 0.3) is 0 Å². The van der Waals surface area contributed by atoms with Crippen molar-refractivity contribution in [2.75, 3.05) is 5.32 Å². The highest BCUT2D eigenvalue weighted by atomic mass is 16.3. The molecule has 2 N–H and O–H groups in total. The number of aryl methyl sites for hydroxylation is 2. The zero-order chi connectivity index (χ0) is 16.9. The highest BCUT2D eigenvalue weighted by Gasteiger charge is 2.09. The van der Waals surface area contributed by atoms with Gasteiger partial charge in [0.2, 0.25) is 0 Å². The van der Waals surface area contributed by atoms with Crippen LogP contribution in [-0.4, -0.2) is 15.9 Å². The van der Waals surface area contributed by atoms with E-state index < -0.39 is 0 Å². The number of hydrogen-bond donors (Lipinski definition) is 2. The minimum atomic E-state index is -0.281. The maximum absolute atomic E-state index is 12.2. The van der Waals surface area contributed by atoms with Gasteiger partial charge in [-0.3, -0.25) is 4.79 Å². The molecule has 0 aliphatic carbocycles. The highest BCUT2D eigenvalue weighted by molar-refractivity contribution is 5.92. The standard InChI is InChI=1S/C18H18N4O2/c1-12-5-6-14(8-13(12)2)22-17-9-16(20-11-21-17)18(23)19-10-15-4-3-7-24-15/h3-9,11H,10H2,1-2H3,(H,19,23)(H,20,21,22). The van der Waals surface area contributed by atoms with Gasteiger partial charge in [0.05, 0.1) is 12.8 Å². The van der Waals surface area contributed by atoms with Crippen LogP contribution in [-0.2, 0) is 6.54 Å². The zero-order valence-electron chi connectivity index (χ0n) is 13.5. The summed E-state index contributed by atoms with van der Waals surface area (Å²) in [6, 6.07) is 11.2. The number of rotatable bonds is 5. The Labute approximate surface area is 140 Å². The van der Waals surface area contributed by atoms with E-state index in [-0.39, 0.29) is 5.91 Å². The van der Waals surface area contributed by atoms with E-state index >= 15 is 0 Å². The zero-order valence-corrected chi connectivity index (χ0v) is 13.5. The van der Waals surface area contributed by atoms with Crippen molar-refractivity contribution >= 4 is 17.4 Å². The van der Waals surface area contributed by atoms with Gasteiger partial charge >= 0.3 is 0 Å². The van der Waals surface area contributed by atoms with Crippen molar-refractivity contribution in [3.05, 3.63) is 71.6 Å². The lowest BCUT2D eigenvalue weighted by Gasteiger charge is -2.09. The van der Waals surface area contributed by atoms with Crippen LogP contribution in [0.3, 0.4) is 0 Å². The van der Waals surface area contributed by atoms with Crippen molar-refractivity contribution in [3.63, 3.8) is 0 Å². The van der Waals surface area contributed by atoms with Crippen LogP contribution in [0.5, 0.6) is 0 Å². The Hall–Kier alpha value is -3.15. The summed E-state index contributed by atoms with van der Waals surface area (Å²) in [5.41, 5.74) is 3.62. The van der Waals surface area contributed by atoms with Crippen molar-refractivity contribution < 1.29 is 9.21 Å². The summed E-state index contributed by atoms with van der Waals surface area (Å²) in [6.07, 6.45) is 2.93. The Morgan fingerprint density at radius 1 is 1.12 bits per heavy atom. The molecule has 1 amide bonds. The van der Waals surface area contributed by atoms with Crippen molar-refractivity contribution in [2.24, 2.45) is 0 Å². The molecule has 0 saturated heterocycles. The third-order valence-electron chi connectivity index (χ3n) is 3.68. The second kappa shape index (κ2) is 6.95. The van der Waals surface area contributed by atoms with E-state index in [0.29, 0.717) is 23.8 Å². The molecule has 0 aliphatic heterocycles. The normalized spacial score (nSPS) is 10.4. The molecule has 0 atom stereocenters. The lowest BCUT2D eigenvalue weighted by Crippen LogP contribution is -2.23. The highest BCUT2D eigenvalue weighted by Crippen LogP contribution is 2.18. The van der Waals surface area contributed by atoms with Gasteiger partial charge in [0.15, 0.2) is 0 Å². The van der Waals surface area contributed by atoms with Gasteiger partial charge in [-0.15, -0.1) is 0 Å². The molecular formula is C18H18N4O2. The molecule has 24 heavy (non-hydrogen) atoms. The van der Waals surface area contributed by atoms with Gasteiger partial charge in [0.25, 0.3) is 5.91 Å². The first-order valence-corrected chi connectivity index (χ1v) is 7.59. The first-order chi connectivity index (χ1) is 11.6. The second-order valence-corrected chi connectivity index (χ2v) is 5.47. The van der Waals surface area contributed by atoms with Crippen molar-refractivity contribution in [2.45, 2.75) is 20.4 Å². The number of anilines is 2. The third-order valence-corrected chi connectivity index (χ3v) is 3.68. The number of benzene rings is 1. The van der Waals surface area contributed by atoms with Crippen LogP contribution in [0.4, 0.5) is 11.5 Å². The third kappa shape index (κ3) is 3.78. The molecule has 0 aliphatic rings. The minimum absolute atomic E-state index is 0.281. The molecule has 0 saturated carbocycles. The van der Waals surface area contributed by atoms with Gasteiger partial charge in [0, 0.05) is 11.8 Å². The fourth-order valence-electron chi connectivity index (χ4n) is 2.19. The quantitative estimate of drug-likeness (QED) is 0.753. The molecule has 2 aromatic heterocycles. The van der Waals surface area contributed by atoms with E-state index in [1.165, 1.54) is 17.5 Å². The number of nitrogens with zero attached hydrogens (tertiary/aromatic N) is 2. The summed E-state index contributed by atoms with van der Waals surface area (Å²) in [5, 5.41) is 5.95. The summed E-state index contributed by atoms with van der Waals surface area (Å²) in [4.78, 5) is 20.3. The van der Waals surface area contributed by atoms with E-state index in [4.69, 9.17) is 4.42 Å². The monoisotopic (exact) mass is 322 g/mol. The number of nitrogens with one attached hydrogen (secondary N) is 2. The molecule has 6 heteroatoms. The molecule has 0 radical (unpaired) electrons. The molecule has 0 spiro atoms. The molecule has 1 aromatic carbocycles. The number of furan rings is 1. The summed E-state index contributed by atoms with van der Waals surface area (Å²) in [6.45, 7) is 4.43. The summed E-state index contributed by atoms with van der Waals surface area (Å²) in [7, 11) is 0. The van der Waals surface area contributed by atoms with Crippen molar-refractivity contribution in [1.82, 2.24) is 15.3 Å². The molecule has 6 nitrogen and oxygen atoms in total. The van der Waals surface area contributed by atoms with Gasteiger partial charge in [-0.25, -0.2) is 9.97 Å². The first-order valence-electron chi connectivity index (χ1n) is 7.59. The van der Waals surface area contributed by atoms with E-state index in [1.807, 2.05) is 25.1 Å². The van der Waals surface area contributed by atoms with Crippen LogP contribution in [0.15, 0.2) is 53.4 Å². The Morgan fingerprint density at radius 2 is 2.00 bits per heavy atom. The molecule has 0 fully saturated rings. The number of hydrogen-bond acceptors (Lipinski definition) is 5. The van der Waals surface area contributed by atoms with Crippen LogP contribution < -0.4 is 10.6 Å². The fraction of sp³-hybridized carbons (Fsp3) is 0.167. The van der Waals surface area contributed by atoms with Gasteiger partial charge in [-0.1, -0.05) is 6.07 Å². The SMILES string of the molecule is Cc1ccc(Nc2cc(C(=O)NCc3ccco3)ncn2)cc1C. The maximum atomic E-state index is 12.2. The smallest absolute Gasteiger partial charge is 0.270 e. The average Bonchev–Trinajstić information content (AvgIpc) is 3.10. The molecule has 3 aromatic rings. The van der Waals surface area contributed by atoms with Crippen LogP contribution in [0.2, 0.25) is 0 Å². The lowest BCUT2D eigenvalue weighted by molar-refractivity contribution is 0.0943. The lowest BCUT2D eigenvalue weighted by atomic mass is 10.1. The minimum Gasteiger partial charge on any atom is -0.467 e. The average molecular weight is 322 g/mol. The Morgan fingerprint density at radius 3 is 2.75 bits per heavy atom. The van der Waals surface area contributed by atoms with E-state index in [2.05, 4.69) is 27.5 Å². The number of carbonyl (C=O) groups is 1. The molecule has 2 heterocycles. The van der Waals surface area contributed by atoms with Crippen LogP contribution in [0, 0.1) is 13.8 Å². The second-order valence-electron chi connectivity index (χ2n) is 5.47. The number of amides is 1. The van der Waals surface area contributed by atoms with E-state index in [1.54, 1.807) is 24.5 Å². The number of carbonyl (C=O) groups excluding carboxylic acids is 1. The molecule has 122 valence electrons. The molecule has 0 unspecified atom stereocenters. The van der Waals surface area contributed by atoms with E-state index in [9.17, 15) is 4.79 Å². The van der Waals surface area contributed by atoms with E-state index in [0.717, 1.165) is 5.69 Å².